The molecule has 0 bridgehead atoms. The van der Waals surface area contributed by atoms with Crippen LogP contribution in [0.2, 0.25) is 0 Å². The Bertz CT molecular complexity index is 1190. The van der Waals surface area contributed by atoms with Crippen LogP contribution in [-0.4, -0.2) is 54.4 Å². The summed E-state index contributed by atoms with van der Waals surface area (Å²) in [6, 6.07) is 5.37. The molecule has 1 aliphatic carbocycles. The Morgan fingerprint density at radius 2 is 1.91 bits per heavy atom. The highest BCUT2D eigenvalue weighted by atomic mass is 19.4. The van der Waals surface area contributed by atoms with Gasteiger partial charge in [0.1, 0.15) is 17.9 Å². The van der Waals surface area contributed by atoms with E-state index in [1.165, 1.54) is 31.5 Å². The largest absolute Gasteiger partial charge is 0.497 e. The molecule has 4 rings (SSSR count). The van der Waals surface area contributed by atoms with Crippen molar-refractivity contribution >= 4 is 29.0 Å². The molecule has 0 saturated carbocycles. The highest BCUT2D eigenvalue weighted by Crippen LogP contribution is 2.39. The Hall–Kier alpha value is -3.80. The molecule has 3 atom stereocenters. The number of primary amides is 1. The minimum absolute atomic E-state index is 0.0403. The molecule has 1 saturated heterocycles. The number of hydrogen-bond donors (Lipinski definition) is 1. The molecule has 3 unspecified atom stereocenters. The number of nitrogens with two attached hydrogens (primary N) is 1. The number of carbonyl (C=O) groups is 2. The lowest BCUT2D eigenvalue weighted by molar-refractivity contribution is -0.118. The van der Waals surface area contributed by atoms with Crippen LogP contribution in [0.5, 0.6) is 5.75 Å². The molecule has 1 aromatic carbocycles. The predicted molar refractivity (Wildman–Crippen MR) is 121 cm³/mol. The van der Waals surface area contributed by atoms with E-state index in [-0.39, 0.29) is 24.4 Å². The molecular formula is C23H22F4N5O3+. The third kappa shape index (κ3) is 4.61. The van der Waals surface area contributed by atoms with Crippen LogP contribution in [0.4, 0.5) is 28.0 Å². The molecule has 2 heterocycles. The number of benzene rings is 1. The van der Waals surface area contributed by atoms with Crippen molar-refractivity contribution in [1.29, 1.82) is 0 Å². The second-order valence-corrected chi connectivity index (χ2v) is 8.08. The van der Waals surface area contributed by atoms with Crippen LogP contribution in [-0.2, 0) is 4.79 Å². The maximum Gasteiger partial charge on any atom is 0.438 e. The van der Waals surface area contributed by atoms with Gasteiger partial charge in [-0.1, -0.05) is 5.10 Å². The number of nitrogens with zero attached hydrogens (tertiary/aromatic N) is 4. The van der Waals surface area contributed by atoms with Crippen LogP contribution >= 0.6 is 0 Å². The maximum absolute atomic E-state index is 13.9. The number of ether oxygens (including phenoxy) is 1. The molecule has 0 spiro atoms. The number of halogens is 4. The lowest BCUT2D eigenvalue weighted by Gasteiger charge is -2.29. The van der Waals surface area contributed by atoms with Crippen molar-refractivity contribution < 1.29 is 31.9 Å². The molecule has 184 valence electrons. The normalized spacial score (nSPS) is 27.2. The quantitative estimate of drug-likeness (QED) is 0.392. The first kappa shape index (κ1) is 24.3. The maximum atomic E-state index is 13.9. The fourth-order valence-corrected chi connectivity index (χ4v) is 4.08. The average Bonchev–Trinajstić information content (AvgIpc) is 3.47. The van der Waals surface area contributed by atoms with Gasteiger partial charge in [-0.25, -0.2) is 9.18 Å². The summed E-state index contributed by atoms with van der Waals surface area (Å²) < 4.78 is 58.8. The highest BCUT2D eigenvalue weighted by Gasteiger charge is 2.47. The van der Waals surface area contributed by atoms with E-state index >= 15 is 0 Å². The van der Waals surface area contributed by atoms with Crippen molar-refractivity contribution in [3.8, 4) is 5.75 Å². The standard InChI is InChI=1S/C23H21F4N5O3/c1-35-16-7-4-14(5-8-16)32(12-10-19(30-32)23(25,26)27)15-6-9-18(17(13-15)21(28)33)29-22(34)31-11-2-3-20(31)24/h4-10,12-13,17,20H,2-3,11H2,1H3,(H-,28,33)/p+1. The first-order valence-corrected chi connectivity index (χ1v) is 10.7. The molecule has 2 aliphatic heterocycles. The smallest absolute Gasteiger partial charge is 0.438 e. The lowest BCUT2D eigenvalue weighted by Crippen LogP contribution is -2.40. The minimum Gasteiger partial charge on any atom is -0.497 e. The Labute approximate surface area is 197 Å². The van der Waals surface area contributed by atoms with Crippen molar-refractivity contribution in [2.24, 2.45) is 21.7 Å². The number of alkyl halides is 4. The number of methoxy groups -OCH3 is 1. The van der Waals surface area contributed by atoms with Crippen molar-refractivity contribution in [3.05, 3.63) is 60.5 Å². The van der Waals surface area contributed by atoms with Gasteiger partial charge in [-0.15, -0.1) is 4.59 Å². The van der Waals surface area contributed by atoms with E-state index < -0.39 is 40.6 Å². The molecule has 1 fully saturated rings. The summed E-state index contributed by atoms with van der Waals surface area (Å²) in [5, 5.41) is 3.93. The number of hydrogen-bond acceptors (Lipinski definition) is 4. The highest BCUT2D eigenvalue weighted by molar-refractivity contribution is 6.15. The topological polar surface area (TPSA) is 97.3 Å². The molecule has 0 aromatic heterocycles. The molecule has 1 aromatic rings. The van der Waals surface area contributed by atoms with Gasteiger partial charge in [-0.3, -0.25) is 9.69 Å². The first-order valence-electron chi connectivity index (χ1n) is 10.7. The number of likely N-dealkylation sites (tertiary alicyclic amines) is 1. The van der Waals surface area contributed by atoms with Crippen LogP contribution in [0.15, 0.2) is 70.6 Å². The molecule has 8 nitrogen and oxygen atoms in total. The predicted octanol–water partition coefficient (Wildman–Crippen LogP) is 3.96. The van der Waals surface area contributed by atoms with E-state index in [1.54, 1.807) is 24.3 Å². The lowest BCUT2D eigenvalue weighted by atomic mass is 9.95. The Morgan fingerprint density at radius 1 is 1.20 bits per heavy atom. The second-order valence-electron chi connectivity index (χ2n) is 8.08. The van der Waals surface area contributed by atoms with Crippen molar-refractivity contribution in [2.45, 2.75) is 25.3 Å². The molecule has 0 radical (unpaired) electrons. The van der Waals surface area contributed by atoms with Crippen molar-refractivity contribution in [2.75, 3.05) is 13.7 Å². The third-order valence-electron chi connectivity index (χ3n) is 5.90. The fourth-order valence-electron chi connectivity index (χ4n) is 4.08. The van der Waals surface area contributed by atoms with Gasteiger partial charge in [-0.05, 0) is 37.1 Å². The van der Waals surface area contributed by atoms with E-state index in [2.05, 4.69) is 10.1 Å². The Kier molecular flexibility index (Phi) is 6.32. The van der Waals surface area contributed by atoms with E-state index in [9.17, 15) is 27.2 Å². The van der Waals surface area contributed by atoms with E-state index in [1.807, 2.05) is 0 Å². The number of urea groups is 1. The average molecular weight is 492 g/mol. The monoisotopic (exact) mass is 492 g/mol. The SMILES string of the molecule is COc1ccc([N+]2(C3=CC(C(N)=O)C(=NC(=O)N4CCCC4F)C=C3)C=CC(C(F)(F)F)=N2)cc1. The number of rotatable bonds is 4. The summed E-state index contributed by atoms with van der Waals surface area (Å²) in [6.07, 6.45) is 0.611. The number of quaternary nitrogens is 1. The van der Waals surface area contributed by atoms with Crippen LogP contribution in [0, 0.1) is 5.92 Å². The zero-order valence-electron chi connectivity index (χ0n) is 18.6. The van der Waals surface area contributed by atoms with Gasteiger partial charge < -0.3 is 10.5 Å². The zero-order valence-corrected chi connectivity index (χ0v) is 18.6. The minimum atomic E-state index is -4.71. The number of allylic oxidation sites excluding steroid dienone is 3. The van der Waals surface area contributed by atoms with Gasteiger partial charge in [0, 0.05) is 30.8 Å². The van der Waals surface area contributed by atoms with Gasteiger partial charge in [0.25, 0.3) is 0 Å². The number of aliphatic imine (C=N–C) groups is 1. The summed E-state index contributed by atoms with van der Waals surface area (Å²) in [7, 11) is 1.45. The Balaban J connectivity index is 1.77. The zero-order chi connectivity index (χ0) is 25.4. The second kappa shape index (κ2) is 9.10. The summed E-state index contributed by atoms with van der Waals surface area (Å²) >= 11 is 0. The van der Waals surface area contributed by atoms with Crippen LogP contribution in [0.1, 0.15) is 12.8 Å². The van der Waals surface area contributed by atoms with Gasteiger partial charge >= 0.3 is 12.2 Å². The van der Waals surface area contributed by atoms with E-state index in [0.717, 1.165) is 11.0 Å². The molecule has 3 amide bonds. The van der Waals surface area contributed by atoms with E-state index in [4.69, 9.17) is 10.5 Å². The summed E-state index contributed by atoms with van der Waals surface area (Å²) in [5.41, 5.74) is 4.88. The first-order chi connectivity index (χ1) is 16.5. The molecule has 12 heteroatoms. The molecule has 2 N–H and O–H groups in total. The van der Waals surface area contributed by atoms with Gasteiger partial charge in [0.15, 0.2) is 17.7 Å². The molecule has 35 heavy (non-hydrogen) atoms. The van der Waals surface area contributed by atoms with Crippen LogP contribution < -0.4 is 15.1 Å². The number of amides is 3. The summed E-state index contributed by atoms with van der Waals surface area (Å²) in [4.78, 5) is 29.5. The molecular weight excluding hydrogens is 470 g/mol. The third-order valence-corrected chi connectivity index (χ3v) is 5.90. The summed E-state index contributed by atoms with van der Waals surface area (Å²) in [5.74, 6) is -1.64. The van der Waals surface area contributed by atoms with Gasteiger partial charge in [0.05, 0.1) is 12.8 Å². The fraction of sp³-hybridized carbons (Fsp3) is 0.304. The number of carbonyl (C=O) groups excluding carboxylic acids is 2. The van der Waals surface area contributed by atoms with Crippen LogP contribution in [0.3, 0.4) is 0 Å². The molecule has 3 aliphatic rings. The van der Waals surface area contributed by atoms with Gasteiger partial charge in [0.2, 0.25) is 11.6 Å². The summed E-state index contributed by atoms with van der Waals surface area (Å²) in [6.45, 7) is 0.194. The van der Waals surface area contributed by atoms with Gasteiger partial charge in [-0.2, -0.15) is 18.2 Å². The van der Waals surface area contributed by atoms with E-state index in [0.29, 0.717) is 17.9 Å². The van der Waals surface area contributed by atoms with Crippen molar-refractivity contribution in [1.82, 2.24) is 9.49 Å². The van der Waals surface area contributed by atoms with Crippen molar-refractivity contribution in [3.63, 3.8) is 0 Å². The van der Waals surface area contributed by atoms with Crippen LogP contribution in [0.25, 0.3) is 0 Å². The Morgan fingerprint density at radius 3 is 2.46 bits per heavy atom.